The molecule has 1 aliphatic rings. The fourth-order valence-corrected chi connectivity index (χ4v) is 2.42. The van der Waals surface area contributed by atoms with Gasteiger partial charge in [-0.3, -0.25) is 9.59 Å². The number of piperidine rings is 1. The molecule has 0 saturated carbocycles. The van der Waals surface area contributed by atoms with E-state index in [1.807, 2.05) is 13.8 Å². The zero-order valence-corrected chi connectivity index (χ0v) is 11.7. The fourth-order valence-electron chi connectivity index (χ4n) is 2.42. The second-order valence-electron chi connectivity index (χ2n) is 4.93. The lowest BCUT2D eigenvalue weighted by atomic mass is 9.97. The third-order valence-corrected chi connectivity index (χ3v) is 3.39. The largest absolute Gasteiger partial charge is 0.394 e. The Labute approximate surface area is 114 Å². The molecule has 0 bridgehead atoms. The van der Waals surface area contributed by atoms with Crippen LogP contribution in [0.3, 0.4) is 0 Å². The fraction of sp³-hybridized carbons (Fsp3) is 0.846. The molecule has 0 aromatic carbocycles. The van der Waals surface area contributed by atoms with Crippen LogP contribution in [0, 0.1) is 0 Å². The van der Waals surface area contributed by atoms with Crippen LogP contribution in [0.1, 0.15) is 33.1 Å². The van der Waals surface area contributed by atoms with E-state index in [2.05, 4.69) is 5.32 Å². The van der Waals surface area contributed by atoms with Crippen molar-refractivity contribution in [3.05, 3.63) is 0 Å². The van der Waals surface area contributed by atoms with Crippen LogP contribution < -0.4 is 5.32 Å². The summed E-state index contributed by atoms with van der Waals surface area (Å²) in [5.41, 5.74) is 0. The van der Waals surface area contributed by atoms with Gasteiger partial charge in [0.2, 0.25) is 0 Å². The number of hydrogen-bond acceptors (Lipinski definition) is 4. The summed E-state index contributed by atoms with van der Waals surface area (Å²) in [4.78, 5) is 25.5. The predicted octanol–water partition coefficient (Wildman–Crippen LogP) is -0.0990. The van der Waals surface area contributed by atoms with Gasteiger partial charge in [0.15, 0.2) is 0 Å². The van der Waals surface area contributed by atoms with E-state index in [9.17, 15) is 9.59 Å². The molecule has 2 N–H and O–H groups in total. The van der Waals surface area contributed by atoms with Crippen molar-refractivity contribution in [2.24, 2.45) is 0 Å². The molecule has 0 aliphatic carbocycles. The molecule has 0 spiro atoms. The quantitative estimate of drug-likeness (QED) is 0.541. The highest BCUT2D eigenvalue weighted by Crippen LogP contribution is 2.22. The third kappa shape index (κ3) is 4.80. The minimum absolute atomic E-state index is 0.0459. The standard InChI is InChI=1S/C13H24N2O4/c1-10-4-3-5-11(2)15(10)13(18)12(17)14-6-8-19-9-7-16/h10-11,16H,3-9H2,1-2H3,(H,14,17). The lowest BCUT2D eigenvalue weighted by Crippen LogP contribution is -2.53. The Kier molecular flexibility index (Phi) is 6.80. The summed E-state index contributed by atoms with van der Waals surface area (Å²) < 4.78 is 5.01. The maximum Gasteiger partial charge on any atom is 0.312 e. The maximum absolute atomic E-state index is 12.1. The van der Waals surface area contributed by atoms with Crippen LogP contribution in [0.4, 0.5) is 0 Å². The molecule has 110 valence electrons. The summed E-state index contributed by atoms with van der Waals surface area (Å²) in [6.07, 6.45) is 2.99. The lowest BCUT2D eigenvalue weighted by Gasteiger charge is -2.38. The van der Waals surface area contributed by atoms with Gasteiger partial charge in [-0.15, -0.1) is 0 Å². The molecule has 1 aliphatic heterocycles. The zero-order valence-electron chi connectivity index (χ0n) is 11.7. The molecule has 1 heterocycles. The van der Waals surface area contributed by atoms with Crippen molar-refractivity contribution < 1.29 is 19.4 Å². The summed E-state index contributed by atoms with van der Waals surface area (Å²) in [6, 6.07) is 0.236. The number of ether oxygens (including phenoxy) is 1. The molecule has 1 rings (SSSR count). The molecule has 2 amide bonds. The van der Waals surface area contributed by atoms with Crippen molar-refractivity contribution >= 4 is 11.8 Å². The molecule has 1 fully saturated rings. The smallest absolute Gasteiger partial charge is 0.312 e. The first-order valence-electron chi connectivity index (χ1n) is 6.87. The van der Waals surface area contributed by atoms with Gasteiger partial charge in [-0.25, -0.2) is 0 Å². The van der Waals surface area contributed by atoms with Crippen molar-refractivity contribution in [2.75, 3.05) is 26.4 Å². The van der Waals surface area contributed by atoms with Gasteiger partial charge >= 0.3 is 11.8 Å². The average Bonchev–Trinajstić information content (AvgIpc) is 2.38. The number of rotatable bonds is 5. The SMILES string of the molecule is CC1CCCC(C)N1C(=O)C(=O)NCCOCCO. The zero-order chi connectivity index (χ0) is 14.3. The first kappa shape index (κ1) is 15.9. The van der Waals surface area contributed by atoms with Gasteiger partial charge in [0, 0.05) is 18.6 Å². The van der Waals surface area contributed by atoms with Crippen LogP contribution in [-0.4, -0.2) is 60.3 Å². The number of carbonyl (C=O) groups excluding carboxylic acids is 2. The Morgan fingerprint density at radius 1 is 1.26 bits per heavy atom. The highest BCUT2D eigenvalue weighted by atomic mass is 16.5. The van der Waals surface area contributed by atoms with E-state index in [-0.39, 0.29) is 31.8 Å². The molecular formula is C13H24N2O4. The Morgan fingerprint density at radius 2 is 1.89 bits per heavy atom. The van der Waals surface area contributed by atoms with E-state index in [4.69, 9.17) is 9.84 Å². The summed E-state index contributed by atoms with van der Waals surface area (Å²) >= 11 is 0. The van der Waals surface area contributed by atoms with Crippen LogP contribution in [0.5, 0.6) is 0 Å². The van der Waals surface area contributed by atoms with Gasteiger partial charge in [0.25, 0.3) is 0 Å². The minimum atomic E-state index is -0.576. The van der Waals surface area contributed by atoms with E-state index in [1.54, 1.807) is 4.90 Å². The van der Waals surface area contributed by atoms with E-state index >= 15 is 0 Å². The summed E-state index contributed by atoms with van der Waals surface area (Å²) in [5, 5.41) is 11.1. The Morgan fingerprint density at radius 3 is 2.47 bits per heavy atom. The van der Waals surface area contributed by atoms with Crippen LogP contribution in [0.25, 0.3) is 0 Å². The molecular weight excluding hydrogens is 248 g/mol. The van der Waals surface area contributed by atoms with Gasteiger partial charge in [-0.1, -0.05) is 0 Å². The summed E-state index contributed by atoms with van der Waals surface area (Å²) in [7, 11) is 0. The van der Waals surface area contributed by atoms with Crippen LogP contribution >= 0.6 is 0 Å². The number of carbonyl (C=O) groups is 2. The Balaban J connectivity index is 2.36. The third-order valence-electron chi connectivity index (χ3n) is 3.39. The number of aliphatic hydroxyl groups is 1. The van der Waals surface area contributed by atoms with Crippen molar-refractivity contribution in [2.45, 2.75) is 45.2 Å². The van der Waals surface area contributed by atoms with Gasteiger partial charge in [-0.05, 0) is 33.1 Å². The number of nitrogens with one attached hydrogen (secondary N) is 1. The Hall–Kier alpha value is -1.14. The molecule has 6 heteroatoms. The Bertz CT molecular complexity index is 299. The van der Waals surface area contributed by atoms with Gasteiger partial charge in [-0.2, -0.15) is 0 Å². The number of hydrogen-bond donors (Lipinski definition) is 2. The molecule has 0 radical (unpaired) electrons. The van der Waals surface area contributed by atoms with Crippen molar-refractivity contribution in [3.63, 3.8) is 0 Å². The van der Waals surface area contributed by atoms with Crippen LogP contribution in [0.2, 0.25) is 0 Å². The summed E-state index contributed by atoms with van der Waals surface area (Å²) in [6.45, 7) is 4.72. The maximum atomic E-state index is 12.1. The second kappa shape index (κ2) is 8.12. The molecule has 2 atom stereocenters. The average molecular weight is 272 g/mol. The van der Waals surface area contributed by atoms with Crippen molar-refractivity contribution in [1.82, 2.24) is 10.2 Å². The number of amides is 2. The van der Waals surface area contributed by atoms with Crippen LogP contribution in [0.15, 0.2) is 0 Å². The first-order valence-corrected chi connectivity index (χ1v) is 6.87. The lowest BCUT2D eigenvalue weighted by molar-refractivity contribution is -0.150. The first-order chi connectivity index (χ1) is 9.07. The highest BCUT2D eigenvalue weighted by molar-refractivity contribution is 6.35. The van der Waals surface area contributed by atoms with E-state index < -0.39 is 11.8 Å². The number of aliphatic hydroxyl groups excluding tert-OH is 1. The number of likely N-dealkylation sites (tertiary alicyclic amines) is 1. The van der Waals surface area contributed by atoms with Crippen molar-refractivity contribution in [1.29, 1.82) is 0 Å². The molecule has 19 heavy (non-hydrogen) atoms. The van der Waals surface area contributed by atoms with E-state index in [1.165, 1.54) is 0 Å². The van der Waals surface area contributed by atoms with Gasteiger partial charge < -0.3 is 20.1 Å². The van der Waals surface area contributed by atoms with Gasteiger partial charge in [0.05, 0.1) is 19.8 Å². The molecule has 1 saturated heterocycles. The molecule has 0 aromatic heterocycles. The summed E-state index contributed by atoms with van der Waals surface area (Å²) in [5.74, 6) is -1.03. The normalized spacial score (nSPS) is 23.2. The monoisotopic (exact) mass is 272 g/mol. The van der Waals surface area contributed by atoms with E-state index in [0.717, 1.165) is 19.3 Å². The molecule has 0 aromatic rings. The topological polar surface area (TPSA) is 78.9 Å². The predicted molar refractivity (Wildman–Crippen MR) is 70.5 cm³/mol. The van der Waals surface area contributed by atoms with Crippen LogP contribution in [-0.2, 0) is 14.3 Å². The van der Waals surface area contributed by atoms with E-state index in [0.29, 0.717) is 6.61 Å². The number of nitrogens with zero attached hydrogens (tertiary/aromatic N) is 1. The highest BCUT2D eigenvalue weighted by Gasteiger charge is 2.32. The second-order valence-corrected chi connectivity index (χ2v) is 4.93. The minimum Gasteiger partial charge on any atom is -0.394 e. The van der Waals surface area contributed by atoms with Crippen molar-refractivity contribution in [3.8, 4) is 0 Å². The van der Waals surface area contributed by atoms with Gasteiger partial charge in [0.1, 0.15) is 0 Å². The molecule has 2 unspecified atom stereocenters. The molecule has 6 nitrogen and oxygen atoms in total.